The Bertz CT molecular complexity index is 1390. The zero-order valence-electron chi connectivity index (χ0n) is 23.7. The van der Waals surface area contributed by atoms with Crippen LogP contribution in [0.4, 0.5) is 4.79 Å². The van der Waals surface area contributed by atoms with Crippen molar-refractivity contribution >= 4 is 17.9 Å². The Labute approximate surface area is 235 Å². The molecule has 3 aromatic rings. The lowest BCUT2D eigenvalue weighted by molar-refractivity contribution is 0.0141. The van der Waals surface area contributed by atoms with Gasteiger partial charge in [-0.05, 0) is 75.6 Å². The van der Waals surface area contributed by atoms with Crippen LogP contribution in [0.5, 0.6) is 5.75 Å². The molecular weight excluding hydrogens is 506 g/mol. The number of phenols is 1. The van der Waals surface area contributed by atoms with Crippen molar-refractivity contribution in [2.45, 2.75) is 45.8 Å². The number of hydrogen-bond donors (Lipinski definition) is 2. The minimum absolute atomic E-state index is 0.108. The summed E-state index contributed by atoms with van der Waals surface area (Å²) < 4.78 is 5.47. The molecule has 0 saturated carbocycles. The van der Waals surface area contributed by atoms with Crippen molar-refractivity contribution in [3.05, 3.63) is 89.5 Å². The van der Waals surface area contributed by atoms with Crippen LogP contribution in [0, 0.1) is 0 Å². The minimum atomic E-state index is -0.696. The van der Waals surface area contributed by atoms with E-state index < -0.39 is 17.2 Å². The van der Waals surface area contributed by atoms with Gasteiger partial charge in [-0.2, -0.15) is 0 Å². The summed E-state index contributed by atoms with van der Waals surface area (Å²) >= 11 is 0. The molecule has 4 rings (SSSR count). The number of amides is 3. The smallest absolute Gasteiger partial charge is 0.410 e. The molecule has 8 heteroatoms. The van der Waals surface area contributed by atoms with Gasteiger partial charge in [0.1, 0.15) is 11.4 Å². The molecule has 0 atom stereocenters. The molecule has 40 heavy (non-hydrogen) atoms. The van der Waals surface area contributed by atoms with Crippen molar-refractivity contribution in [3.63, 3.8) is 0 Å². The highest BCUT2D eigenvalue weighted by atomic mass is 16.6. The van der Waals surface area contributed by atoms with Crippen molar-refractivity contribution in [3.8, 4) is 16.9 Å². The Hall–Kier alpha value is -4.33. The van der Waals surface area contributed by atoms with Crippen LogP contribution in [-0.2, 0) is 10.3 Å². The molecule has 0 aromatic heterocycles. The van der Waals surface area contributed by atoms with E-state index in [0.29, 0.717) is 31.7 Å². The number of carbonyl (C=O) groups is 3. The number of benzene rings is 3. The van der Waals surface area contributed by atoms with Crippen LogP contribution in [0.25, 0.3) is 11.1 Å². The van der Waals surface area contributed by atoms with E-state index >= 15 is 0 Å². The number of phenolic OH excluding ortho intramolecular Hbond substituents is 1. The zero-order valence-corrected chi connectivity index (χ0v) is 23.7. The number of ether oxygens (including phenoxy) is 1. The van der Waals surface area contributed by atoms with Crippen molar-refractivity contribution in [1.82, 2.24) is 15.1 Å². The highest BCUT2D eigenvalue weighted by molar-refractivity contribution is 6.08. The molecule has 1 heterocycles. The largest absolute Gasteiger partial charge is 0.508 e. The average molecular weight is 544 g/mol. The first kappa shape index (κ1) is 28.7. The fraction of sp³-hybridized carbons (Fsp3) is 0.344. The Kier molecular flexibility index (Phi) is 8.18. The van der Waals surface area contributed by atoms with Crippen LogP contribution in [0.2, 0.25) is 0 Å². The third-order valence-electron chi connectivity index (χ3n) is 6.81. The van der Waals surface area contributed by atoms with E-state index in [1.165, 1.54) is 0 Å². The van der Waals surface area contributed by atoms with Gasteiger partial charge in [-0.3, -0.25) is 9.59 Å². The van der Waals surface area contributed by atoms with E-state index in [0.717, 1.165) is 11.1 Å². The van der Waals surface area contributed by atoms with Crippen LogP contribution in [0.15, 0.2) is 72.8 Å². The van der Waals surface area contributed by atoms with E-state index in [1.54, 1.807) is 46.2 Å². The monoisotopic (exact) mass is 543 g/mol. The number of piperazine rings is 1. The summed E-state index contributed by atoms with van der Waals surface area (Å²) in [5.74, 6) is -0.558. The highest BCUT2D eigenvalue weighted by Crippen LogP contribution is 2.28. The Balaban J connectivity index is 1.61. The highest BCUT2D eigenvalue weighted by Gasteiger charge is 2.31. The first-order valence-corrected chi connectivity index (χ1v) is 13.4. The normalized spacial score (nSPS) is 14.0. The summed E-state index contributed by atoms with van der Waals surface area (Å²) in [4.78, 5) is 43.2. The topological polar surface area (TPSA) is 99.2 Å². The van der Waals surface area contributed by atoms with Crippen molar-refractivity contribution in [2.24, 2.45) is 0 Å². The van der Waals surface area contributed by atoms with Gasteiger partial charge in [0.15, 0.2) is 0 Å². The Morgan fingerprint density at radius 1 is 0.750 bits per heavy atom. The van der Waals surface area contributed by atoms with Crippen LogP contribution >= 0.6 is 0 Å². The van der Waals surface area contributed by atoms with Crippen LogP contribution < -0.4 is 5.32 Å². The summed E-state index contributed by atoms with van der Waals surface area (Å²) in [7, 11) is 0. The van der Waals surface area contributed by atoms with E-state index in [1.807, 2.05) is 71.0 Å². The molecule has 1 fully saturated rings. The van der Waals surface area contributed by atoms with E-state index in [-0.39, 0.29) is 28.7 Å². The van der Waals surface area contributed by atoms with Gasteiger partial charge in [-0.1, -0.05) is 48.5 Å². The van der Waals surface area contributed by atoms with E-state index in [2.05, 4.69) is 5.32 Å². The van der Waals surface area contributed by atoms with Gasteiger partial charge in [0.2, 0.25) is 0 Å². The van der Waals surface area contributed by atoms with E-state index in [9.17, 15) is 19.5 Å². The fourth-order valence-corrected chi connectivity index (χ4v) is 4.65. The van der Waals surface area contributed by atoms with Crippen LogP contribution in [-0.4, -0.2) is 64.6 Å². The fourth-order valence-electron chi connectivity index (χ4n) is 4.65. The predicted molar refractivity (Wildman–Crippen MR) is 154 cm³/mol. The molecule has 8 nitrogen and oxygen atoms in total. The number of nitrogens with zero attached hydrogens (tertiary/aromatic N) is 2. The summed E-state index contributed by atoms with van der Waals surface area (Å²) in [6, 6.07) is 21.5. The van der Waals surface area contributed by atoms with Gasteiger partial charge in [-0.25, -0.2) is 4.79 Å². The third-order valence-corrected chi connectivity index (χ3v) is 6.81. The average Bonchev–Trinajstić information content (AvgIpc) is 2.92. The molecular formula is C32H37N3O5. The molecule has 0 radical (unpaired) electrons. The summed E-state index contributed by atoms with van der Waals surface area (Å²) in [5.41, 5.74) is 1.57. The molecule has 0 unspecified atom stereocenters. The number of aromatic hydroxyl groups is 1. The first-order valence-electron chi connectivity index (χ1n) is 13.4. The number of nitrogens with one attached hydrogen (secondary N) is 1. The molecule has 0 spiro atoms. The predicted octanol–water partition coefficient (Wildman–Crippen LogP) is 5.42. The summed E-state index contributed by atoms with van der Waals surface area (Å²) in [5, 5.41) is 13.1. The number of rotatable bonds is 5. The Morgan fingerprint density at radius 2 is 1.38 bits per heavy atom. The SMILES string of the molecule is CC(C)(C)OC(=O)N1CCN(C(=O)c2ccc(-c3cccc(O)c3)cc2C(=O)NC(C)(C)c2ccccc2)CC1. The molecule has 0 bridgehead atoms. The molecule has 1 saturated heterocycles. The van der Waals surface area contributed by atoms with Crippen molar-refractivity contribution < 1.29 is 24.2 Å². The maximum absolute atomic E-state index is 13.8. The molecule has 1 aliphatic heterocycles. The lowest BCUT2D eigenvalue weighted by atomic mass is 9.92. The first-order chi connectivity index (χ1) is 18.8. The van der Waals surface area contributed by atoms with Gasteiger partial charge in [0, 0.05) is 26.2 Å². The maximum atomic E-state index is 13.8. The Morgan fingerprint density at radius 3 is 2.00 bits per heavy atom. The molecule has 2 N–H and O–H groups in total. The minimum Gasteiger partial charge on any atom is -0.508 e. The number of hydrogen-bond acceptors (Lipinski definition) is 5. The molecule has 210 valence electrons. The quantitative estimate of drug-likeness (QED) is 0.448. The van der Waals surface area contributed by atoms with Crippen molar-refractivity contribution in [1.29, 1.82) is 0 Å². The zero-order chi connectivity index (χ0) is 29.1. The molecule has 1 aliphatic rings. The second-order valence-corrected chi connectivity index (χ2v) is 11.5. The lowest BCUT2D eigenvalue weighted by Crippen LogP contribution is -2.52. The van der Waals surface area contributed by atoms with Gasteiger partial charge in [0.05, 0.1) is 16.7 Å². The maximum Gasteiger partial charge on any atom is 0.410 e. The number of carbonyl (C=O) groups excluding carboxylic acids is 3. The van der Waals surface area contributed by atoms with Gasteiger partial charge >= 0.3 is 6.09 Å². The third kappa shape index (κ3) is 6.81. The standard InChI is InChI=1S/C32H37N3O5/c1-31(2,3)40-30(39)35-18-16-34(17-19-35)29(38)26-15-14-23(22-10-9-13-25(36)20-22)21-27(26)28(37)33-32(4,5)24-11-7-6-8-12-24/h6-15,20-21,36H,16-19H2,1-5H3,(H,33,37). The van der Waals surface area contributed by atoms with Gasteiger partial charge < -0.3 is 25.0 Å². The second kappa shape index (κ2) is 11.4. The molecule has 0 aliphatic carbocycles. The van der Waals surface area contributed by atoms with Crippen molar-refractivity contribution in [2.75, 3.05) is 26.2 Å². The molecule has 3 aromatic carbocycles. The summed E-state index contributed by atoms with van der Waals surface area (Å²) in [6.45, 7) is 10.6. The van der Waals surface area contributed by atoms with Gasteiger partial charge in [-0.15, -0.1) is 0 Å². The van der Waals surface area contributed by atoms with E-state index in [4.69, 9.17) is 4.74 Å². The summed E-state index contributed by atoms with van der Waals surface area (Å²) in [6.07, 6.45) is -0.404. The van der Waals surface area contributed by atoms with Gasteiger partial charge in [0.25, 0.3) is 11.8 Å². The second-order valence-electron chi connectivity index (χ2n) is 11.5. The lowest BCUT2D eigenvalue weighted by Gasteiger charge is -2.36. The van der Waals surface area contributed by atoms with Crippen LogP contribution in [0.1, 0.15) is 60.9 Å². The van der Waals surface area contributed by atoms with Crippen LogP contribution in [0.3, 0.4) is 0 Å². The molecule has 3 amide bonds.